The van der Waals surface area contributed by atoms with Crippen LogP contribution < -0.4 is 19.6 Å². The number of likely N-dealkylation sites (N-methyl/N-ethyl adjacent to an activating group) is 1. The Morgan fingerprint density at radius 2 is 1.71 bits per heavy atom. The molecule has 0 atom stereocenters. The number of amides is 1. The number of nitrogens with zero attached hydrogens (tertiary/aromatic N) is 2. The highest BCUT2D eigenvalue weighted by molar-refractivity contribution is 7.89. The summed E-state index contributed by atoms with van der Waals surface area (Å²) >= 11 is 11.8. The Bertz CT molecular complexity index is 1070. The summed E-state index contributed by atoms with van der Waals surface area (Å²) in [4.78, 5) is 12.0. The minimum Gasteiger partial charge on any atom is -0.493 e. The molecule has 0 fully saturated rings. The molecule has 0 radical (unpaired) electrons. The highest BCUT2D eigenvalue weighted by Gasteiger charge is 2.25. The van der Waals surface area contributed by atoms with Crippen LogP contribution in [0, 0.1) is 0 Å². The molecule has 0 spiro atoms. The van der Waals surface area contributed by atoms with Gasteiger partial charge in [-0.1, -0.05) is 23.2 Å². The molecule has 31 heavy (non-hydrogen) atoms. The first-order chi connectivity index (χ1) is 14.6. The Kier molecular flexibility index (Phi) is 8.52. The van der Waals surface area contributed by atoms with Crippen LogP contribution in [0.5, 0.6) is 17.2 Å². The summed E-state index contributed by atoms with van der Waals surface area (Å²) in [6, 6.07) is 7.32. The van der Waals surface area contributed by atoms with Gasteiger partial charge in [-0.15, -0.1) is 0 Å². The van der Waals surface area contributed by atoms with E-state index in [-0.39, 0.29) is 14.9 Å². The Balaban J connectivity index is 2.09. The average molecular weight is 490 g/mol. The fraction of sp³-hybridized carbons (Fsp3) is 0.263. The van der Waals surface area contributed by atoms with Gasteiger partial charge in [-0.05, 0) is 30.3 Å². The summed E-state index contributed by atoms with van der Waals surface area (Å²) in [7, 11) is 1.64. The Labute approximate surface area is 190 Å². The smallest absolute Gasteiger partial charge is 0.255 e. The highest BCUT2D eigenvalue weighted by Crippen LogP contribution is 2.37. The Morgan fingerprint density at radius 3 is 2.26 bits per heavy atom. The maximum absolute atomic E-state index is 12.7. The van der Waals surface area contributed by atoms with Gasteiger partial charge < -0.3 is 14.2 Å². The van der Waals surface area contributed by atoms with Crippen molar-refractivity contribution >= 4 is 45.3 Å². The van der Waals surface area contributed by atoms with Crippen molar-refractivity contribution in [2.24, 2.45) is 5.10 Å². The van der Waals surface area contributed by atoms with Crippen LogP contribution in [0.3, 0.4) is 0 Å². The molecule has 0 aliphatic heterocycles. The van der Waals surface area contributed by atoms with Crippen LogP contribution in [0.15, 0.2) is 40.3 Å². The van der Waals surface area contributed by atoms with Crippen molar-refractivity contribution in [2.45, 2.75) is 4.90 Å². The molecule has 2 aromatic rings. The number of sulfonamides is 1. The summed E-state index contributed by atoms with van der Waals surface area (Å²) in [6.07, 6.45) is 1.35. The minimum atomic E-state index is -4.03. The quantitative estimate of drug-likeness (QED) is 0.428. The van der Waals surface area contributed by atoms with Gasteiger partial charge in [0.2, 0.25) is 15.8 Å². The van der Waals surface area contributed by atoms with E-state index >= 15 is 0 Å². The molecular weight excluding hydrogens is 469 g/mol. The van der Waals surface area contributed by atoms with Crippen LogP contribution in [0.4, 0.5) is 0 Å². The van der Waals surface area contributed by atoms with Crippen LogP contribution in [0.1, 0.15) is 5.56 Å². The van der Waals surface area contributed by atoms with E-state index in [0.717, 1.165) is 4.31 Å². The predicted octanol–water partition coefficient (Wildman–Crippen LogP) is 2.79. The van der Waals surface area contributed by atoms with Gasteiger partial charge in [0.05, 0.1) is 39.1 Å². The fourth-order valence-corrected chi connectivity index (χ4v) is 4.38. The molecule has 2 rings (SSSR count). The third-order valence-electron chi connectivity index (χ3n) is 4.04. The molecular formula is C19H21Cl2N3O6S. The summed E-state index contributed by atoms with van der Waals surface area (Å²) in [5.74, 6) is 0.586. The Morgan fingerprint density at radius 1 is 1.10 bits per heavy atom. The molecule has 9 nitrogen and oxygen atoms in total. The van der Waals surface area contributed by atoms with Gasteiger partial charge in [0, 0.05) is 17.6 Å². The molecule has 2 aromatic carbocycles. The maximum atomic E-state index is 12.7. The third-order valence-corrected chi connectivity index (χ3v) is 6.56. The van der Waals surface area contributed by atoms with Crippen LogP contribution in [0.2, 0.25) is 10.0 Å². The second kappa shape index (κ2) is 10.7. The van der Waals surface area contributed by atoms with E-state index in [4.69, 9.17) is 37.4 Å². The van der Waals surface area contributed by atoms with Gasteiger partial charge >= 0.3 is 0 Å². The summed E-state index contributed by atoms with van der Waals surface area (Å²) in [5.41, 5.74) is 2.82. The first kappa shape index (κ1) is 24.7. The number of methoxy groups -OCH3 is 3. The molecule has 0 saturated carbocycles. The molecule has 0 aliphatic carbocycles. The van der Waals surface area contributed by atoms with Crippen molar-refractivity contribution < 1.29 is 27.4 Å². The van der Waals surface area contributed by atoms with Crippen LogP contribution in [-0.4, -0.2) is 59.8 Å². The monoisotopic (exact) mass is 489 g/mol. The fourth-order valence-electron chi connectivity index (χ4n) is 2.52. The lowest BCUT2D eigenvalue weighted by Gasteiger charge is -2.17. The normalized spacial score (nSPS) is 11.6. The number of benzene rings is 2. The van der Waals surface area contributed by atoms with E-state index in [9.17, 15) is 13.2 Å². The van der Waals surface area contributed by atoms with Gasteiger partial charge in [-0.2, -0.15) is 9.41 Å². The average Bonchev–Trinajstić information content (AvgIpc) is 2.74. The predicted molar refractivity (Wildman–Crippen MR) is 118 cm³/mol. The SMILES string of the molecule is COc1cc(/C=N\NC(=O)CN(C)S(=O)(=O)c2cc(Cl)ccc2Cl)cc(OC)c1OC. The van der Waals surface area contributed by atoms with Gasteiger partial charge in [0.1, 0.15) is 4.90 Å². The van der Waals surface area contributed by atoms with Crippen molar-refractivity contribution in [1.29, 1.82) is 0 Å². The first-order valence-corrected chi connectivity index (χ1v) is 10.9. The highest BCUT2D eigenvalue weighted by atomic mass is 35.5. The molecule has 0 unspecified atom stereocenters. The van der Waals surface area contributed by atoms with Crippen molar-refractivity contribution in [2.75, 3.05) is 34.9 Å². The molecule has 1 amide bonds. The van der Waals surface area contributed by atoms with Crippen LogP contribution in [-0.2, 0) is 14.8 Å². The van der Waals surface area contributed by atoms with Crippen molar-refractivity contribution in [3.63, 3.8) is 0 Å². The second-order valence-electron chi connectivity index (χ2n) is 6.09. The molecule has 0 saturated heterocycles. The van der Waals surface area contributed by atoms with Crippen LogP contribution >= 0.6 is 23.2 Å². The van der Waals surface area contributed by atoms with E-state index < -0.39 is 22.5 Å². The zero-order valence-electron chi connectivity index (χ0n) is 17.2. The van der Waals surface area contributed by atoms with Crippen molar-refractivity contribution in [1.82, 2.24) is 9.73 Å². The van der Waals surface area contributed by atoms with Crippen molar-refractivity contribution in [3.8, 4) is 17.2 Å². The zero-order valence-corrected chi connectivity index (χ0v) is 19.5. The number of carbonyl (C=O) groups is 1. The van der Waals surface area contributed by atoms with Gasteiger partial charge in [-0.25, -0.2) is 13.8 Å². The number of rotatable bonds is 9. The molecule has 168 valence electrons. The molecule has 0 aliphatic rings. The number of ether oxygens (including phenoxy) is 3. The van der Waals surface area contributed by atoms with E-state index in [2.05, 4.69) is 10.5 Å². The Hall–Kier alpha value is -2.53. The molecule has 0 heterocycles. The first-order valence-electron chi connectivity index (χ1n) is 8.67. The van der Waals surface area contributed by atoms with E-state index in [1.807, 2.05) is 0 Å². The summed E-state index contributed by atoms with van der Waals surface area (Å²) in [5, 5.41) is 4.04. The lowest BCUT2D eigenvalue weighted by Crippen LogP contribution is -2.36. The number of hydrogen-bond acceptors (Lipinski definition) is 7. The summed E-state index contributed by atoms with van der Waals surface area (Å²) < 4.78 is 41.9. The standard InChI is InChI=1S/C19H21Cl2N3O6S/c1-24(31(26,27)17-9-13(20)5-6-14(17)21)11-18(25)23-22-10-12-7-15(28-2)19(30-4)16(8-12)29-3/h5-10H,11H2,1-4H3,(H,23,25)/b22-10-. The van der Waals surface area contributed by atoms with E-state index in [0.29, 0.717) is 22.8 Å². The largest absolute Gasteiger partial charge is 0.493 e. The van der Waals surface area contributed by atoms with Gasteiger partial charge in [0.25, 0.3) is 5.91 Å². The lowest BCUT2D eigenvalue weighted by molar-refractivity contribution is -0.121. The maximum Gasteiger partial charge on any atom is 0.255 e. The van der Waals surface area contributed by atoms with Crippen molar-refractivity contribution in [3.05, 3.63) is 45.9 Å². The zero-order chi connectivity index (χ0) is 23.2. The number of nitrogens with one attached hydrogen (secondary N) is 1. The number of carbonyl (C=O) groups excluding carboxylic acids is 1. The second-order valence-corrected chi connectivity index (χ2v) is 8.94. The molecule has 0 aromatic heterocycles. The van der Waals surface area contributed by atoms with E-state index in [1.165, 1.54) is 52.8 Å². The molecule has 12 heteroatoms. The molecule has 0 bridgehead atoms. The number of hydrazone groups is 1. The van der Waals surface area contributed by atoms with Crippen LogP contribution in [0.25, 0.3) is 0 Å². The third kappa shape index (κ3) is 6.01. The number of hydrogen-bond donors (Lipinski definition) is 1. The minimum absolute atomic E-state index is 0.00270. The number of halogens is 2. The lowest BCUT2D eigenvalue weighted by atomic mass is 10.2. The molecule has 1 N–H and O–H groups in total. The topological polar surface area (TPSA) is 107 Å². The van der Waals surface area contributed by atoms with Gasteiger partial charge in [-0.3, -0.25) is 4.79 Å². The summed E-state index contributed by atoms with van der Waals surface area (Å²) in [6.45, 7) is -0.488. The van der Waals surface area contributed by atoms with Gasteiger partial charge in [0.15, 0.2) is 11.5 Å². The van der Waals surface area contributed by atoms with E-state index in [1.54, 1.807) is 12.1 Å².